The van der Waals surface area contributed by atoms with Crippen molar-refractivity contribution in [3.63, 3.8) is 0 Å². The van der Waals surface area contributed by atoms with Gasteiger partial charge in [-0.15, -0.1) is 0 Å². The Balaban J connectivity index is 2.26. The van der Waals surface area contributed by atoms with Crippen molar-refractivity contribution in [2.45, 2.75) is 38.1 Å². The number of thioether (sulfide) groups is 1. The van der Waals surface area contributed by atoms with Gasteiger partial charge in [0.25, 0.3) is 0 Å². The first-order valence-corrected chi connectivity index (χ1v) is 8.79. The summed E-state index contributed by atoms with van der Waals surface area (Å²) in [6.45, 7) is 2.16. The Morgan fingerprint density at radius 3 is 2.86 bits per heavy atom. The quantitative estimate of drug-likeness (QED) is 0.878. The fourth-order valence-electron chi connectivity index (χ4n) is 2.91. The molecule has 0 spiro atoms. The molecule has 1 unspecified atom stereocenters. The molecule has 1 aromatic carbocycles. The van der Waals surface area contributed by atoms with Crippen molar-refractivity contribution >= 4 is 28.8 Å². The zero-order valence-corrected chi connectivity index (χ0v) is 13.2. The molecule has 1 N–H and O–H groups in total. The van der Waals surface area contributed by atoms with Crippen molar-refractivity contribution in [2.75, 3.05) is 12.0 Å². The molecule has 112 valence electrons. The molecular weight excluding hydrogens is 284 g/mol. The van der Waals surface area contributed by atoms with E-state index < -0.39 is 5.97 Å². The summed E-state index contributed by atoms with van der Waals surface area (Å²) in [4.78, 5) is 16.3. The molecule has 1 aliphatic rings. The largest absolute Gasteiger partial charge is 0.478 e. The maximum absolute atomic E-state index is 11.6. The number of nitrogens with zero attached hydrogens (tertiary/aromatic N) is 2. The number of carboxylic acid groups (broad SMARTS) is 1. The number of aromatic carboxylic acids is 1. The predicted molar refractivity (Wildman–Crippen MR) is 86.4 cm³/mol. The molecule has 21 heavy (non-hydrogen) atoms. The van der Waals surface area contributed by atoms with Crippen molar-refractivity contribution in [3.8, 4) is 0 Å². The highest BCUT2D eigenvalue weighted by Crippen LogP contribution is 2.43. The Morgan fingerprint density at radius 1 is 1.52 bits per heavy atom. The van der Waals surface area contributed by atoms with E-state index in [1.54, 1.807) is 23.9 Å². The average molecular weight is 304 g/mol. The molecule has 3 rings (SSSR count). The Hall–Kier alpha value is -1.49. The van der Waals surface area contributed by atoms with Crippen LogP contribution in [-0.2, 0) is 0 Å². The van der Waals surface area contributed by atoms with Gasteiger partial charge in [0, 0.05) is 17.7 Å². The van der Waals surface area contributed by atoms with E-state index >= 15 is 0 Å². The van der Waals surface area contributed by atoms with Gasteiger partial charge in [-0.1, -0.05) is 13.0 Å². The first kappa shape index (κ1) is 14.4. The predicted octanol–water partition coefficient (Wildman–Crippen LogP) is 3.93. The number of fused-ring (bicyclic) bond motifs is 1. The second-order valence-electron chi connectivity index (χ2n) is 5.61. The minimum Gasteiger partial charge on any atom is -0.478 e. The van der Waals surface area contributed by atoms with Crippen LogP contribution in [0.4, 0.5) is 0 Å². The van der Waals surface area contributed by atoms with E-state index in [4.69, 9.17) is 4.98 Å². The lowest BCUT2D eigenvalue weighted by atomic mass is 10.1. The Kier molecular flexibility index (Phi) is 3.93. The standard InChI is InChI=1S/C16H20N2O2S/c1-3-11(9-21-2)18-14-12(16(19)20)5-4-6-13(14)17-15(18)10-7-8-10/h4-6,10-11H,3,7-9H2,1-2H3,(H,19,20). The van der Waals surface area contributed by atoms with Crippen LogP contribution in [0.2, 0.25) is 0 Å². The van der Waals surface area contributed by atoms with Gasteiger partial charge >= 0.3 is 5.97 Å². The van der Waals surface area contributed by atoms with Crippen molar-refractivity contribution in [1.29, 1.82) is 0 Å². The topological polar surface area (TPSA) is 55.1 Å². The van der Waals surface area contributed by atoms with E-state index in [0.717, 1.165) is 29.0 Å². The van der Waals surface area contributed by atoms with Crippen LogP contribution in [0.25, 0.3) is 11.0 Å². The third-order valence-corrected chi connectivity index (χ3v) is 4.82. The molecule has 1 aromatic heterocycles. The van der Waals surface area contributed by atoms with Gasteiger partial charge in [-0.2, -0.15) is 11.8 Å². The molecule has 0 radical (unpaired) electrons. The maximum Gasteiger partial charge on any atom is 0.337 e. The number of aromatic nitrogens is 2. The Morgan fingerprint density at radius 2 is 2.29 bits per heavy atom. The highest BCUT2D eigenvalue weighted by atomic mass is 32.2. The molecule has 4 nitrogen and oxygen atoms in total. The van der Waals surface area contributed by atoms with Gasteiger partial charge in [0.05, 0.1) is 16.6 Å². The van der Waals surface area contributed by atoms with Gasteiger partial charge < -0.3 is 9.67 Å². The van der Waals surface area contributed by atoms with Crippen LogP contribution in [0.5, 0.6) is 0 Å². The summed E-state index contributed by atoms with van der Waals surface area (Å²) in [7, 11) is 0. The first-order chi connectivity index (χ1) is 10.2. The van der Waals surface area contributed by atoms with Crippen LogP contribution in [0.15, 0.2) is 18.2 Å². The van der Waals surface area contributed by atoms with E-state index in [1.165, 1.54) is 12.8 Å². The number of benzene rings is 1. The van der Waals surface area contributed by atoms with Crippen LogP contribution in [-0.4, -0.2) is 32.6 Å². The van der Waals surface area contributed by atoms with Gasteiger partial charge in [0.15, 0.2) is 0 Å². The van der Waals surface area contributed by atoms with Gasteiger partial charge in [-0.05, 0) is 37.7 Å². The number of hydrogen-bond acceptors (Lipinski definition) is 3. The van der Waals surface area contributed by atoms with E-state index in [9.17, 15) is 9.90 Å². The smallest absolute Gasteiger partial charge is 0.337 e. The minimum absolute atomic E-state index is 0.307. The molecular formula is C16H20N2O2S. The number of carboxylic acids is 1. The first-order valence-electron chi connectivity index (χ1n) is 7.40. The zero-order chi connectivity index (χ0) is 15.0. The van der Waals surface area contributed by atoms with Gasteiger partial charge in [-0.25, -0.2) is 9.78 Å². The summed E-state index contributed by atoms with van der Waals surface area (Å²) >= 11 is 1.80. The van der Waals surface area contributed by atoms with E-state index in [1.807, 2.05) is 6.07 Å². The summed E-state index contributed by atoms with van der Waals surface area (Å²) in [6.07, 6.45) is 5.42. The maximum atomic E-state index is 11.6. The molecule has 1 fully saturated rings. The molecule has 1 aliphatic carbocycles. The number of imidazole rings is 1. The Labute approximate surface area is 128 Å². The summed E-state index contributed by atoms with van der Waals surface area (Å²) in [5.41, 5.74) is 1.98. The number of para-hydroxylation sites is 1. The highest BCUT2D eigenvalue weighted by molar-refractivity contribution is 7.98. The monoisotopic (exact) mass is 304 g/mol. The lowest BCUT2D eigenvalue weighted by molar-refractivity contribution is 0.0698. The highest BCUT2D eigenvalue weighted by Gasteiger charge is 2.32. The molecule has 1 heterocycles. The van der Waals surface area contributed by atoms with E-state index in [-0.39, 0.29) is 0 Å². The molecule has 0 aliphatic heterocycles. The van der Waals surface area contributed by atoms with Crippen molar-refractivity contribution in [3.05, 3.63) is 29.6 Å². The second-order valence-corrected chi connectivity index (χ2v) is 6.52. The Bertz CT molecular complexity index is 676. The normalized spacial score (nSPS) is 16.3. The third-order valence-electron chi connectivity index (χ3n) is 4.11. The molecule has 0 amide bonds. The molecule has 0 bridgehead atoms. The lowest BCUT2D eigenvalue weighted by Crippen LogP contribution is -2.15. The van der Waals surface area contributed by atoms with Crippen molar-refractivity contribution < 1.29 is 9.90 Å². The van der Waals surface area contributed by atoms with Crippen molar-refractivity contribution in [2.24, 2.45) is 0 Å². The molecule has 5 heteroatoms. The van der Waals surface area contributed by atoms with Crippen molar-refractivity contribution in [1.82, 2.24) is 9.55 Å². The average Bonchev–Trinajstić information content (AvgIpc) is 3.25. The van der Waals surface area contributed by atoms with Crippen LogP contribution >= 0.6 is 11.8 Å². The van der Waals surface area contributed by atoms with Crippen LogP contribution in [0, 0.1) is 0 Å². The van der Waals surface area contributed by atoms with Crippen LogP contribution in [0.3, 0.4) is 0 Å². The summed E-state index contributed by atoms with van der Waals surface area (Å²) in [5, 5.41) is 9.51. The van der Waals surface area contributed by atoms with E-state index in [2.05, 4.69) is 17.7 Å². The van der Waals surface area contributed by atoms with Crippen LogP contribution < -0.4 is 0 Å². The molecule has 2 aromatic rings. The van der Waals surface area contributed by atoms with Crippen LogP contribution in [0.1, 0.15) is 54.3 Å². The second kappa shape index (κ2) is 5.72. The number of rotatable bonds is 6. The summed E-state index contributed by atoms with van der Waals surface area (Å²) < 4.78 is 2.22. The summed E-state index contributed by atoms with van der Waals surface area (Å²) in [6, 6.07) is 5.71. The lowest BCUT2D eigenvalue weighted by Gasteiger charge is -2.20. The van der Waals surface area contributed by atoms with Gasteiger partial charge in [-0.3, -0.25) is 0 Å². The van der Waals surface area contributed by atoms with Gasteiger partial charge in [0.1, 0.15) is 5.82 Å². The number of hydrogen-bond donors (Lipinski definition) is 1. The van der Waals surface area contributed by atoms with Gasteiger partial charge in [0.2, 0.25) is 0 Å². The summed E-state index contributed by atoms with van der Waals surface area (Å²) in [5.74, 6) is 1.70. The zero-order valence-electron chi connectivity index (χ0n) is 12.4. The molecule has 1 atom stereocenters. The van der Waals surface area contributed by atoms with E-state index in [0.29, 0.717) is 17.5 Å². The molecule has 0 saturated heterocycles. The fraction of sp³-hybridized carbons (Fsp3) is 0.500. The SMILES string of the molecule is CCC(CSC)n1c(C2CC2)nc2cccc(C(=O)O)c21. The molecule has 1 saturated carbocycles. The number of carbonyl (C=O) groups is 1. The minimum atomic E-state index is -0.872. The fourth-order valence-corrected chi connectivity index (χ4v) is 3.68. The third kappa shape index (κ3) is 2.55.